The van der Waals surface area contributed by atoms with Crippen molar-refractivity contribution in [1.29, 1.82) is 0 Å². The Morgan fingerprint density at radius 1 is 1.10 bits per heavy atom. The zero-order chi connectivity index (χ0) is 15.0. The van der Waals surface area contributed by atoms with Gasteiger partial charge in [-0.05, 0) is 41.4 Å². The van der Waals surface area contributed by atoms with Crippen LogP contribution in [0.15, 0.2) is 4.47 Å². The molecule has 1 aliphatic rings. The molecule has 1 saturated heterocycles. The van der Waals surface area contributed by atoms with E-state index in [-0.39, 0.29) is 5.28 Å². The van der Waals surface area contributed by atoms with E-state index in [1.54, 1.807) is 4.68 Å². The van der Waals surface area contributed by atoms with Crippen LogP contribution in [0.4, 0.5) is 5.95 Å². The van der Waals surface area contributed by atoms with Gasteiger partial charge in [0.2, 0.25) is 11.2 Å². The van der Waals surface area contributed by atoms with Gasteiger partial charge < -0.3 is 9.64 Å². The Morgan fingerprint density at radius 2 is 1.76 bits per heavy atom. The molecule has 0 unspecified atom stereocenters. The van der Waals surface area contributed by atoms with Crippen LogP contribution in [-0.4, -0.2) is 51.0 Å². The van der Waals surface area contributed by atoms with Crippen molar-refractivity contribution in [3.8, 4) is 5.95 Å². The molecule has 0 radical (unpaired) electrons. The number of ether oxygens (including phenoxy) is 1. The van der Waals surface area contributed by atoms with Gasteiger partial charge in [0.05, 0.1) is 29.1 Å². The molecule has 0 saturated carbocycles. The molecule has 2 aromatic rings. The first-order valence-corrected chi connectivity index (χ1v) is 7.69. The molecule has 3 rings (SSSR count). The van der Waals surface area contributed by atoms with Crippen LogP contribution >= 0.6 is 27.5 Å². The van der Waals surface area contributed by atoms with Gasteiger partial charge >= 0.3 is 0 Å². The van der Waals surface area contributed by atoms with E-state index in [2.05, 4.69) is 36.0 Å². The fourth-order valence-corrected chi connectivity index (χ4v) is 2.55. The average molecular weight is 374 g/mol. The van der Waals surface area contributed by atoms with E-state index in [1.165, 1.54) is 0 Å². The summed E-state index contributed by atoms with van der Waals surface area (Å²) in [6, 6.07) is 0. The van der Waals surface area contributed by atoms with Gasteiger partial charge in [0.1, 0.15) is 0 Å². The van der Waals surface area contributed by atoms with Crippen LogP contribution in [0.1, 0.15) is 11.4 Å². The Bertz CT molecular complexity index is 670. The maximum absolute atomic E-state index is 6.05. The summed E-state index contributed by atoms with van der Waals surface area (Å²) in [7, 11) is 0. The number of rotatable bonds is 2. The highest BCUT2D eigenvalue weighted by molar-refractivity contribution is 9.10. The minimum Gasteiger partial charge on any atom is -0.378 e. The Kier molecular flexibility index (Phi) is 4.10. The summed E-state index contributed by atoms with van der Waals surface area (Å²) in [5.74, 6) is 0.972. The molecule has 21 heavy (non-hydrogen) atoms. The molecule has 0 bridgehead atoms. The highest BCUT2D eigenvalue weighted by atomic mass is 79.9. The summed E-state index contributed by atoms with van der Waals surface area (Å²) in [5, 5.41) is 4.58. The fraction of sp³-hybridized carbons (Fsp3) is 0.500. The lowest BCUT2D eigenvalue weighted by molar-refractivity contribution is 0.122. The van der Waals surface area contributed by atoms with E-state index in [0.717, 1.165) is 29.0 Å². The van der Waals surface area contributed by atoms with E-state index in [0.29, 0.717) is 25.1 Å². The normalized spacial score (nSPS) is 15.5. The Morgan fingerprint density at radius 3 is 2.38 bits per heavy atom. The van der Waals surface area contributed by atoms with Gasteiger partial charge in [-0.1, -0.05) is 0 Å². The van der Waals surface area contributed by atoms with Crippen molar-refractivity contribution in [3.05, 3.63) is 21.1 Å². The maximum atomic E-state index is 6.05. The molecule has 7 nitrogen and oxygen atoms in total. The number of anilines is 1. The quantitative estimate of drug-likeness (QED) is 0.801. The fourth-order valence-electron chi connectivity index (χ4n) is 2.15. The molecule has 2 aromatic heterocycles. The number of aryl methyl sites for hydroxylation is 1. The molecule has 0 spiro atoms. The molecular weight excluding hydrogens is 360 g/mol. The van der Waals surface area contributed by atoms with E-state index < -0.39 is 0 Å². The van der Waals surface area contributed by atoms with Crippen LogP contribution in [0.25, 0.3) is 5.95 Å². The van der Waals surface area contributed by atoms with Crippen LogP contribution in [0.2, 0.25) is 5.28 Å². The SMILES string of the molecule is Cc1nn(-c2nc(Cl)nc(N3CCOCC3)n2)c(C)c1Br. The molecule has 0 aromatic carbocycles. The van der Waals surface area contributed by atoms with Crippen molar-refractivity contribution in [2.45, 2.75) is 13.8 Å². The summed E-state index contributed by atoms with van der Waals surface area (Å²) in [5.41, 5.74) is 1.79. The number of morpholine rings is 1. The van der Waals surface area contributed by atoms with Gasteiger partial charge in [0, 0.05) is 13.1 Å². The van der Waals surface area contributed by atoms with Crippen LogP contribution < -0.4 is 4.90 Å². The van der Waals surface area contributed by atoms with Crippen LogP contribution in [0, 0.1) is 13.8 Å². The summed E-state index contributed by atoms with van der Waals surface area (Å²) in [6.45, 7) is 6.64. The monoisotopic (exact) mass is 372 g/mol. The molecule has 1 fully saturated rings. The first kappa shape index (κ1) is 14.7. The summed E-state index contributed by atoms with van der Waals surface area (Å²) in [6.07, 6.45) is 0. The van der Waals surface area contributed by atoms with Gasteiger partial charge in [-0.2, -0.15) is 20.1 Å². The first-order valence-electron chi connectivity index (χ1n) is 6.52. The Labute approximate surface area is 135 Å². The minimum atomic E-state index is 0.158. The summed E-state index contributed by atoms with van der Waals surface area (Å²) >= 11 is 9.54. The van der Waals surface area contributed by atoms with Crippen molar-refractivity contribution < 1.29 is 4.74 Å². The molecule has 0 atom stereocenters. The van der Waals surface area contributed by atoms with Crippen molar-refractivity contribution in [2.24, 2.45) is 0 Å². The highest BCUT2D eigenvalue weighted by Crippen LogP contribution is 2.23. The van der Waals surface area contributed by atoms with Gasteiger partial charge in [-0.25, -0.2) is 4.68 Å². The molecule has 1 aliphatic heterocycles. The number of hydrogen-bond acceptors (Lipinski definition) is 6. The third kappa shape index (κ3) is 2.88. The van der Waals surface area contributed by atoms with Gasteiger partial charge in [0.15, 0.2) is 0 Å². The molecule has 9 heteroatoms. The van der Waals surface area contributed by atoms with Crippen LogP contribution in [0.5, 0.6) is 0 Å². The molecular formula is C12H14BrClN6O. The lowest BCUT2D eigenvalue weighted by Crippen LogP contribution is -2.37. The molecule has 0 N–H and O–H groups in total. The second-order valence-electron chi connectivity index (χ2n) is 4.70. The average Bonchev–Trinajstić information content (AvgIpc) is 2.75. The van der Waals surface area contributed by atoms with Gasteiger partial charge in [-0.3, -0.25) is 0 Å². The first-order chi connectivity index (χ1) is 10.1. The van der Waals surface area contributed by atoms with Crippen molar-refractivity contribution in [2.75, 3.05) is 31.2 Å². The van der Waals surface area contributed by atoms with Gasteiger partial charge in [0.25, 0.3) is 5.95 Å². The zero-order valence-corrected chi connectivity index (χ0v) is 14.0. The van der Waals surface area contributed by atoms with Crippen LogP contribution in [0.3, 0.4) is 0 Å². The topological polar surface area (TPSA) is 69.0 Å². The van der Waals surface area contributed by atoms with Crippen molar-refractivity contribution in [1.82, 2.24) is 24.7 Å². The maximum Gasteiger partial charge on any atom is 0.256 e. The number of halogens is 2. The highest BCUT2D eigenvalue weighted by Gasteiger charge is 2.19. The lowest BCUT2D eigenvalue weighted by Gasteiger charge is -2.26. The standard InChI is InChI=1S/C12H14BrClN6O/c1-7-9(13)8(2)20(18-7)12-16-10(14)15-11(17-12)19-3-5-21-6-4-19/h3-6H2,1-2H3. The predicted molar refractivity (Wildman–Crippen MR) is 82.2 cm³/mol. The second kappa shape index (κ2) is 5.86. The number of hydrogen-bond donors (Lipinski definition) is 0. The van der Waals surface area contributed by atoms with E-state index in [4.69, 9.17) is 16.3 Å². The van der Waals surface area contributed by atoms with Crippen molar-refractivity contribution in [3.63, 3.8) is 0 Å². The van der Waals surface area contributed by atoms with Crippen LogP contribution in [-0.2, 0) is 4.74 Å². The third-order valence-electron chi connectivity index (χ3n) is 3.27. The van der Waals surface area contributed by atoms with Crippen molar-refractivity contribution >= 4 is 33.5 Å². The summed E-state index contributed by atoms with van der Waals surface area (Å²) < 4.78 is 7.94. The largest absolute Gasteiger partial charge is 0.378 e. The smallest absolute Gasteiger partial charge is 0.256 e. The lowest BCUT2D eigenvalue weighted by atomic mass is 10.4. The predicted octanol–water partition coefficient (Wildman–Crippen LogP) is 1.93. The molecule has 0 aliphatic carbocycles. The Hall–Kier alpha value is -1.25. The molecule has 0 amide bonds. The van der Waals surface area contributed by atoms with E-state index >= 15 is 0 Å². The van der Waals surface area contributed by atoms with E-state index in [1.807, 2.05) is 18.7 Å². The third-order valence-corrected chi connectivity index (χ3v) is 4.59. The van der Waals surface area contributed by atoms with E-state index in [9.17, 15) is 0 Å². The Balaban J connectivity index is 2.02. The van der Waals surface area contributed by atoms with Gasteiger partial charge in [-0.15, -0.1) is 0 Å². The molecule has 112 valence electrons. The number of nitrogens with zero attached hydrogens (tertiary/aromatic N) is 6. The second-order valence-corrected chi connectivity index (χ2v) is 5.83. The zero-order valence-electron chi connectivity index (χ0n) is 11.7. The number of aromatic nitrogens is 5. The minimum absolute atomic E-state index is 0.158. The summed E-state index contributed by atoms with van der Waals surface area (Å²) in [4.78, 5) is 14.9. The molecule has 3 heterocycles.